The smallest absolute Gasteiger partial charge is 0.419 e. The lowest BCUT2D eigenvalue weighted by Gasteiger charge is -2.14. The molecule has 0 spiro atoms. The average molecular weight is 428 g/mol. The fraction of sp³-hybridized carbons (Fsp3) is 0.381. The summed E-state index contributed by atoms with van der Waals surface area (Å²) < 4.78 is 68.2. The summed E-state index contributed by atoms with van der Waals surface area (Å²) in [5.74, 6) is -0.708. The van der Waals surface area contributed by atoms with Crippen LogP contribution in [0.3, 0.4) is 0 Å². The molecule has 0 bridgehead atoms. The standard InChI is InChI=1S/C21H23F3O4S/c1-4-28-20-12-16(7-10-18(20)21(22,23)24)11-19(25)17-8-5-15(6-9-17)13-29(26,27)14(2)3/h5-10,12,14H,4,11,13H2,1-3H3. The van der Waals surface area contributed by atoms with E-state index in [0.717, 1.165) is 6.07 Å². The number of hydrogen-bond acceptors (Lipinski definition) is 4. The third-order valence-corrected chi connectivity index (χ3v) is 6.55. The summed E-state index contributed by atoms with van der Waals surface area (Å²) in [5.41, 5.74) is 0.446. The van der Waals surface area contributed by atoms with Gasteiger partial charge in [-0.15, -0.1) is 0 Å². The van der Waals surface area contributed by atoms with E-state index in [1.807, 2.05) is 0 Å². The highest BCUT2D eigenvalue weighted by atomic mass is 32.2. The Balaban J connectivity index is 2.17. The van der Waals surface area contributed by atoms with Gasteiger partial charge in [-0.2, -0.15) is 13.2 Å². The molecule has 2 aromatic carbocycles. The van der Waals surface area contributed by atoms with E-state index in [0.29, 0.717) is 16.7 Å². The van der Waals surface area contributed by atoms with Gasteiger partial charge in [0.1, 0.15) is 5.75 Å². The molecule has 0 saturated carbocycles. The van der Waals surface area contributed by atoms with Crippen molar-refractivity contribution >= 4 is 15.6 Å². The van der Waals surface area contributed by atoms with Crippen LogP contribution >= 0.6 is 0 Å². The van der Waals surface area contributed by atoms with E-state index in [2.05, 4.69) is 0 Å². The van der Waals surface area contributed by atoms with Gasteiger partial charge in [-0.25, -0.2) is 8.42 Å². The van der Waals surface area contributed by atoms with Crippen molar-refractivity contribution < 1.29 is 31.1 Å². The van der Waals surface area contributed by atoms with Gasteiger partial charge >= 0.3 is 6.18 Å². The minimum absolute atomic E-state index is 0.0707. The van der Waals surface area contributed by atoms with E-state index >= 15 is 0 Å². The highest BCUT2D eigenvalue weighted by molar-refractivity contribution is 7.91. The number of hydrogen-bond donors (Lipinski definition) is 0. The Bertz CT molecular complexity index is 962. The minimum atomic E-state index is -4.54. The molecule has 0 fully saturated rings. The SMILES string of the molecule is CCOc1cc(CC(=O)c2ccc(CS(=O)(=O)C(C)C)cc2)ccc1C(F)(F)F. The van der Waals surface area contributed by atoms with Crippen LogP contribution in [0.4, 0.5) is 13.2 Å². The van der Waals surface area contributed by atoms with E-state index in [9.17, 15) is 26.4 Å². The second-order valence-corrected chi connectivity index (χ2v) is 9.47. The molecule has 8 heteroatoms. The van der Waals surface area contributed by atoms with E-state index < -0.39 is 26.8 Å². The van der Waals surface area contributed by atoms with Crippen LogP contribution in [-0.4, -0.2) is 26.1 Å². The summed E-state index contributed by atoms with van der Waals surface area (Å²) in [4.78, 5) is 12.5. The number of ether oxygens (including phenoxy) is 1. The van der Waals surface area contributed by atoms with Crippen molar-refractivity contribution in [2.24, 2.45) is 0 Å². The summed E-state index contributed by atoms with van der Waals surface area (Å²) in [6.07, 6.45) is -4.64. The number of halogens is 3. The molecule has 0 unspecified atom stereocenters. The number of alkyl halides is 3. The van der Waals surface area contributed by atoms with E-state index in [-0.39, 0.29) is 30.3 Å². The van der Waals surface area contributed by atoms with Crippen molar-refractivity contribution in [2.75, 3.05) is 6.61 Å². The van der Waals surface area contributed by atoms with Gasteiger partial charge in [-0.05, 0) is 44.0 Å². The van der Waals surface area contributed by atoms with Crippen LogP contribution < -0.4 is 4.74 Å². The first-order valence-corrected chi connectivity index (χ1v) is 10.8. The first-order valence-electron chi connectivity index (χ1n) is 9.10. The Labute approximate surface area is 168 Å². The van der Waals surface area contributed by atoms with Crippen LogP contribution in [0.5, 0.6) is 5.75 Å². The maximum Gasteiger partial charge on any atom is 0.419 e. The molecule has 29 heavy (non-hydrogen) atoms. The predicted molar refractivity (Wildman–Crippen MR) is 105 cm³/mol. The zero-order chi connectivity index (χ0) is 21.8. The van der Waals surface area contributed by atoms with Crippen molar-refractivity contribution in [1.29, 1.82) is 0 Å². The zero-order valence-corrected chi connectivity index (χ0v) is 17.2. The van der Waals surface area contributed by atoms with E-state index in [1.165, 1.54) is 24.3 Å². The second kappa shape index (κ2) is 8.98. The molecular weight excluding hydrogens is 405 g/mol. The van der Waals surface area contributed by atoms with Crippen LogP contribution in [0.15, 0.2) is 42.5 Å². The molecule has 2 rings (SSSR count). The van der Waals surface area contributed by atoms with Gasteiger partial charge in [0.15, 0.2) is 15.6 Å². The van der Waals surface area contributed by atoms with Gasteiger partial charge in [0.05, 0.1) is 23.2 Å². The summed E-state index contributed by atoms with van der Waals surface area (Å²) in [7, 11) is -3.25. The van der Waals surface area contributed by atoms with Crippen molar-refractivity contribution in [2.45, 2.75) is 44.4 Å². The van der Waals surface area contributed by atoms with Crippen LogP contribution in [0.2, 0.25) is 0 Å². The quantitative estimate of drug-likeness (QED) is 0.564. The Morgan fingerprint density at radius 2 is 1.62 bits per heavy atom. The largest absolute Gasteiger partial charge is 0.493 e. The van der Waals surface area contributed by atoms with E-state index in [4.69, 9.17) is 4.74 Å². The number of ketones is 1. The maximum absolute atomic E-state index is 13.0. The molecule has 2 aromatic rings. The van der Waals surface area contributed by atoms with Crippen molar-refractivity contribution in [1.82, 2.24) is 0 Å². The fourth-order valence-corrected chi connectivity index (χ4v) is 3.65. The molecule has 4 nitrogen and oxygen atoms in total. The van der Waals surface area contributed by atoms with Crippen molar-refractivity contribution in [3.05, 3.63) is 64.7 Å². The predicted octanol–water partition coefficient (Wildman–Crippen LogP) is 4.85. The number of Topliss-reactive ketones (excluding diaryl/α,β-unsaturated/α-hetero) is 1. The average Bonchev–Trinajstić information content (AvgIpc) is 2.61. The highest BCUT2D eigenvalue weighted by Crippen LogP contribution is 2.37. The molecule has 0 aromatic heterocycles. The van der Waals surface area contributed by atoms with Gasteiger partial charge in [0.2, 0.25) is 0 Å². The number of rotatable bonds is 8. The lowest BCUT2D eigenvalue weighted by Crippen LogP contribution is -2.16. The topological polar surface area (TPSA) is 60.4 Å². The summed E-state index contributed by atoms with van der Waals surface area (Å²) in [6, 6.07) is 9.60. The van der Waals surface area contributed by atoms with Crippen LogP contribution in [0.25, 0.3) is 0 Å². The van der Waals surface area contributed by atoms with E-state index in [1.54, 1.807) is 32.9 Å². The molecule has 0 amide bonds. The minimum Gasteiger partial charge on any atom is -0.493 e. The Hall–Kier alpha value is -2.35. The Kier molecular flexibility index (Phi) is 7.11. The van der Waals surface area contributed by atoms with Gasteiger partial charge in [0.25, 0.3) is 0 Å². The second-order valence-electron chi connectivity index (χ2n) is 6.91. The lowest BCUT2D eigenvalue weighted by molar-refractivity contribution is -0.138. The normalized spacial score (nSPS) is 12.2. The van der Waals surface area contributed by atoms with Crippen molar-refractivity contribution in [3.8, 4) is 5.75 Å². The molecule has 0 radical (unpaired) electrons. The molecular formula is C21H23F3O4S. The molecule has 0 aliphatic carbocycles. The third-order valence-electron chi connectivity index (χ3n) is 4.38. The zero-order valence-electron chi connectivity index (χ0n) is 16.4. The monoisotopic (exact) mass is 428 g/mol. The summed E-state index contributed by atoms with van der Waals surface area (Å²) in [6.45, 7) is 4.86. The summed E-state index contributed by atoms with van der Waals surface area (Å²) in [5, 5.41) is -0.497. The molecule has 0 saturated heterocycles. The van der Waals surface area contributed by atoms with Crippen LogP contribution in [0, 0.1) is 0 Å². The molecule has 0 heterocycles. The number of benzene rings is 2. The van der Waals surface area contributed by atoms with Gasteiger partial charge in [-0.1, -0.05) is 30.3 Å². The maximum atomic E-state index is 13.0. The Morgan fingerprint density at radius 3 is 2.14 bits per heavy atom. The molecule has 158 valence electrons. The fourth-order valence-electron chi connectivity index (χ4n) is 2.66. The first-order chi connectivity index (χ1) is 13.4. The van der Waals surface area contributed by atoms with Gasteiger partial charge in [-0.3, -0.25) is 4.79 Å². The molecule has 0 atom stereocenters. The highest BCUT2D eigenvalue weighted by Gasteiger charge is 2.34. The van der Waals surface area contributed by atoms with Gasteiger partial charge in [0, 0.05) is 12.0 Å². The van der Waals surface area contributed by atoms with Crippen LogP contribution in [-0.2, 0) is 28.2 Å². The first kappa shape index (κ1) is 22.9. The number of sulfone groups is 1. The number of carbonyl (C=O) groups excluding carboxylic acids is 1. The van der Waals surface area contributed by atoms with Gasteiger partial charge < -0.3 is 4.74 Å². The molecule has 0 N–H and O–H groups in total. The lowest BCUT2D eigenvalue weighted by atomic mass is 10.0. The van der Waals surface area contributed by atoms with Crippen molar-refractivity contribution in [3.63, 3.8) is 0 Å². The van der Waals surface area contributed by atoms with Crippen LogP contribution in [0.1, 0.15) is 47.8 Å². The number of carbonyl (C=O) groups is 1. The molecule has 0 aliphatic rings. The molecule has 0 aliphatic heterocycles. The third kappa shape index (κ3) is 6.06. The Morgan fingerprint density at radius 1 is 1.03 bits per heavy atom. The summed E-state index contributed by atoms with van der Waals surface area (Å²) >= 11 is 0.